The number of rotatable bonds is 2. The van der Waals surface area contributed by atoms with Gasteiger partial charge in [0.2, 0.25) is 11.8 Å². The summed E-state index contributed by atoms with van der Waals surface area (Å²) < 4.78 is 0.879. The van der Waals surface area contributed by atoms with Gasteiger partial charge in [0, 0.05) is 23.5 Å². The molecule has 0 radical (unpaired) electrons. The third-order valence-corrected chi connectivity index (χ3v) is 3.53. The van der Waals surface area contributed by atoms with Crippen LogP contribution in [0.25, 0.3) is 0 Å². The van der Waals surface area contributed by atoms with Crippen molar-refractivity contribution in [2.75, 3.05) is 6.54 Å². The van der Waals surface area contributed by atoms with Gasteiger partial charge in [-0.15, -0.1) is 0 Å². The van der Waals surface area contributed by atoms with Crippen LogP contribution in [0.3, 0.4) is 0 Å². The van der Waals surface area contributed by atoms with Crippen LogP contribution in [-0.2, 0) is 16.0 Å². The summed E-state index contributed by atoms with van der Waals surface area (Å²) >= 11 is 3.38. The Morgan fingerprint density at radius 1 is 1.47 bits per heavy atom. The van der Waals surface area contributed by atoms with Gasteiger partial charge in [0.05, 0.1) is 6.42 Å². The number of imide groups is 1. The van der Waals surface area contributed by atoms with Crippen molar-refractivity contribution in [1.29, 1.82) is 0 Å². The molecule has 0 aromatic heterocycles. The molecule has 1 heterocycles. The summed E-state index contributed by atoms with van der Waals surface area (Å²) in [5.41, 5.74) is 6.53. The molecule has 1 aliphatic heterocycles. The van der Waals surface area contributed by atoms with Gasteiger partial charge < -0.3 is 5.73 Å². The maximum absolute atomic E-state index is 12.0. The topological polar surface area (TPSA) is 63.4 Å². The zero-order valence-corrected chi connectivity index (χ0v) is 10.8. The fourth-order valence-corrected chi connectivity index (χ4v) is 2.30. The van der Waals surface area contributed by atoms with Crippen molar-refractivity contribution >= 4 is 27.7 Å². The number of nitrogens with zero attached hydrogens (tertiary/aromatic N) is 1. The van der Waals surface area contributed by atoms with Crippen molar-refractivity contribution in [2.24, 2.45) is 5.73 Å². The first kappa shape index (κ1) is 12.3. The molecule has 1 fully saturated rings. The van der Waals surface area contributed by atoms with E-state index in [0.717, 1.165) is 10.0 Å². The second-order valence-electron chi connectivity index (χ2n) is 4.13. The summed E-state index contributed by atoms with van der Waals surface area (Å²) in [5, 5.41) is 0. The molecule has 1 aromatic rings. The number of halogens is 1. The molecule has 2 amide bonds. The van der Waals surface area contributed by atoms with Crippen LogP contribution < -0.4 is 5.73 Å². The number of benzene rings is 1. The van der Waals surface area contributed by atoms with E-state index < -0.39 is 0 Å². The summed E-state index contributed by atoms with van der Waals surface area (Å²) in [7, 11) is 0. The maximum Gasteiger partial charge on any atom is 0.233 e. The zero-order valence-electron chi connectivity index (χ0n) is 9.23. The van der Waals surface area contributed by atoms with Crippen LogP contribution in [-0.4, -0.2) is 29.3 Å². The predicted octanol–water partition coefficient (Wildman–Crippen LogP) is 1.08. The smallest absolute Gasteiger partial charge is 0.233 e. The lowest BCUT2D eigenvalue weighted by Gasteiger charge is -2.14. The zero-order chi connectivity index (χ0) is 12.4. The number of nitrogens with two attached hydrogens (primary N) is 1. The van der Waals surface area contributed by atoms with Gasteiger partial charge >= 0.3 is 0 Å². The van der Waals surface area contributed by atoms with Crippen molar-refractivity contribution in [1.82, 2.24) is 4.90 Å². The molecular formula is C12H13BrN2O2. The van der Waals surface area contributed by atoms with E-state index in [1.807, 2.05) is 24.3 Å². The Bertz CT molecular complexity index is 462. The average molecular weight is 297 g/mol. The first-order valence-electron chi connectivity index (χ1n) is 5.40. The standard InChI is InChI=1S/C12H13BrN2O2/c13-10-4-2-1-3-8(10)5-11(16)15-7-9(14)6-12(15)17/h1-4,9H,5-7,14H2. The van der Waals surface area contributed by atoms with Crippen molar-refractivity contribution in [2.45, 2.75) is 18.9 Å². The van der Waals surface area contributed by atoms with Crippen LogP contribution in [0.4, 0.5) is 0 Å². The summed E-state index contributed by atoms with van der Waals surface area (Å²) in [6.07, 6.45) is 0.488. The number of amides is 2. The largest absolute Gasteiger partial charge is 0.326 e. The van der Waals surface area contributed by atoms with Crippen LogP contribution in [0.1, 0.15) is 12.0 Å². The van der Waals surface area contributed by atoms with Gasteiger partial charge in [0.15, 0.2) is 0 Å². The van der Waals surface area contributed by atoms with E-state index in [1.165, 1.54) is 4.90 Å². The monoisotopic (exact) mass is 296 g/mol. The number of hydrogen-bond donors (Lipinski definition) is 1. The van der Waals surface area contributed by atoms with Crippen LogP contribution >= 0.6 is 15.9 Å². The highest BCUT2D eigenvalue weighted by molar-refractivity contribution is 9.10. The van der Waals surface area contributed by atoms with Gasteiger partial charge in [0.25, 0.3) is 0 Å². The Morgan fingerprint density at radius 2 is 2.18 bits per heavy atom. The maximum atomic E-state index is 12.0. The average Bonchev–Trinajstić information content (AvgIpc) is 2.61. The first-order valence-corrected chi connectivity index (χ1v) is 6.19. The van der Waals surface area contributed by atoms with E-state index in [-0.39, 0.29) is 30.7 Å². The van der Waals surface area contributed by atoms with Crippen molar-refractivity contribution in [3.05, 3.63) is 34.3 Å². The normalized spacial score (nSPS) is 19.8. The second-order valence-corrected chi connectivity index (χ2v) is 4.98. The van der Waals surface area contributed by atoms with E-state index in [2.05, 4.69) is 15.9 Å². The van der Waals surface area contributed by atoms with E-state index in [4.69, 9.17) is 5.73 Å². The van der Waals surface area contributed by atoms with Gasteiger partial charge in [-0.3, -0.25) is 14.5 Å². The second kappa shape index (κ2) is 4.98. The summed E-state index contributed by atoms with van der Waals surface area (Å²) in [4.78, 5) is 24.7. The minimum Gasteiger partial charge on any atom is -0.326 e. The SMILES string of the molecule is NC1CC(=O)N(C(=O)Cc2ccccc2Br)C1. The van der Waals surface area contributed by atoms with Crippen molar-refractivity contribution < 1.29 is 9.59 Å². The van der Waals surface area contributed by atoms with E-state index >= 15 is 0 Å². The molecule has 90 valence electrons. The molecule has 0 aliphatic carbocycles. The molecule has 2 rings (SSSR count). The Balaban J connectivity index is 2.08. The molecule has 4 nitrogen and oxygen atoms in total. The van der Waals surface area contributed by atoms with E-state index in [0.29, 0.717) is 6.54 Å². The van der Waals surface area contributed by atoms with E-state index in [1.54, 1.807) is 0 Å². The third-order valence-electron chi connectivity index (χ3n) is 2.76. The molecule has 17 heavy (non-hydrogen) atoms. The Morgan fingerprint density at radius 3 is 2.76 bits per heavy atom. The minimum absolute atomic E-state index is 0.172. The number of hydrogen-bond acceptors (Lipinski definition) is 3. The van der Waals surface area contributed by atoms with Crippen LogP contribution in [0.2, 0.25) is 0 Å². The highest BCUT2D eigenvalue weighted by Crippen LogP contribution is 2.18. The van der Waals surface area contributed by atoms with Gasteiger partial charge in [-0.1, -0.05) is 34.1 Å². The molecular weight excluding hydrogens is 284 g/mol. The van der Waals surface area contributed by atoms with Gasteiger partial charge in [-0.25, -0.2) is 0 Å². The Labute approximate surface area is 108 Å². The predicted molar refractivity (Wildman–Crippen MR) is 67.2 cm³/mol. The molecule has 2 N–H and O–H groups in total. The van der Waals surface area contributed by atoms with Gasteiger partial charge in [-0.05, 0) is 11.6 Å². The summed E-state index contributed by atoms with van der Waals surface area (Å²) in [6.45, 7) is 0.335. The number of carbonyl (C=O) groups is 2. The summed E-state index contributed by atoms with van der Waals surface area (Å²) in [5.74, 6) is -0.357. The molecule has 0 spiro atoms. The van der Waals surface area contributed by atoms with Gasteiger partial charge in [-0.2, -0.15) is 0 Å². The minimum atomic E-state index is -0.217. The molecule has 1 unspecified atom stereocenters. The Kier molecular flexibility index (Phi) is 3.59. The quantitative estimate of drug-likeness (QED) is 0.888. The highest BCUT2D eigenvalue weighted by Gasteiger charge is 2.31. The molecule has 1 atom stereocenters. The first-order chi connectivity index (χ1) is 8.08. The summed E-state index contributed by atoms with van der Waals surface area (Å²) in [6, 6.07) is 7.27. The number of carbonyl (C=O) groups excluding carboxylic acids is 2. The van der Waals surface area contributed by atoms with Crippen molar-refractivity contribution in [3.63, 3.8) is 0 Å². The molecule has 1 aliphatic rings. The van der Waals surface area contributed by atoms with Crippen LogP contribution in [0, 0.1) is 0 Å². The van der Waals surface area contributed by atoms with E-state index in [9.17, 15) is 9.59 Å². The fourth-order valence-electron chi connectivity index (χ4n) is 1.88. The molecule has 1 aromatic carbocycles. The number of likely N-dealkylation sites (tertiary alicyclic amines) is 1. The van der Waals surface area contributed by atoms with Crippen LogP contribution in [0.15, 0.2) is 28.7 Å². The molecule has 0 bridgehead atoms. The lowest BCUT2D eigenvalue weighted by Crippen LogP contribution is -2.35. The third kappa shape index (κ3) is 2.73. The molecule has 5 heteroatoms. The lowest BCUT2D eigenvalue weighted by atomic mass is 10.1. The van der Waals surface area contributed by atoms with Gasteiger partial charge in [0.1, 0.15) is 0 Å². The van der Waals surface area contributed by atoms with Crippen molar-refractivity contribution in [3.8, 4) is 0 Å². The fraction of sp³-hybridized carbons (Fsp3) is 0.333. The van der Waals surface area contributed by atoms with Crippen LogP contribution in [0.5, 0.6) is 0 Å². The lowest BCUT2D eigenvalue weighted by molar-refractivity contribution is -0.141. The molecule has 1 saturated heterocycles. The Hall–Kier alpha value is -1.20. The highest BCUT2D eigenvalue weighted by atomic mass is 79.9. The molecule has 0 saturated carbocycles.